The van der Waals surface area contributed by atoms with E-state index in [1.54, 1.807) is 0 Å². The van der Waals surface area contributed by atoms with Crippen LogP contribution in [0.5, 0.6) is 0 Å². The predicted molar refractivity (Wildman–Crippen MR) is 146 cm³/mol. The van der Waals surface area contributed by atoms with Gasteiger partial charge in [-0.1, -0.05) is 109 Å². The van der Waals surface area contributed by atoms with Crippen LogP contribution < -0.4 is 0 Å². The van der Waals surface area contributed by atoms with E-state index in [-0.39, 0.29) is 0 Å². The van der Waals surface area contributed by atoms with E-state index in [2.05, 4.69) is 114 Å². The van der Waals surface area contributed by atoms with Crippen LogP contribution in [0.3, 0.4) is 0 Å². The van der Waals surface area contributed by atoms with Crippen molar-refractivity contribution in [1.29, 1.82) is 0 Å². The van der Waals surface area contributed by atoms with Gasteiger partial charge in [0.25, 0.3) is 0 Å². The minimum absolute atomic E-state index is 0.752. The Labute approximate surface area is 202 Å². The number of aromatic nitrogens is 1. The van der Waals surface area contributed by atoms with Gasteiger partial charge in [-0.2, -0.15) is 0 Å². The summed E-state index contributed by atoms with van der Waals surface area (Å²) in [6.07, 6.45) is 0. The third-order valence-electron chi connectivity index (χ3n) is 6.86. The van der Waals surface area contributed by atoms with Crippen molar-refractivity contribution in [3.8, 4) is 16.8 Å². The molecular weight excluding hydrogens is 434 g/mol. The van der Waals surface area contributed by atoms with Crippen molar-refractivity contribution in [3.63, 3.8) is 0 Å². The van der Waals surface area contributed by atoms with E-state index in [4.69, 9.17) is 11.6 Å². The number of rotatable bonds is 2. The number of nitrogens with zero attached hydrogens (tertiary/aromatic N) is 1. The van der Waals surface area contributed by atoms with E-state index in [1.165, 1.54) is 60.2 Å². The fraction of sp³-hybridized carbons (Fsp3) is 0. The molecule has 0 amide bonds. The highest BCUT2D eigenvalue weighted by molar-refractivity contribution is 6.30. The van der Waals surface area contributed by atoms with Crippen LogP contribution in [0.1, 0.15) is 0 Å². The second-order valence-corrected chi connectivity index (χ2v) is 9.16. The third kappa shape index (κ3) is 2.81. The molecule has 0 fully saturated rings. The molecule has 6 aromatic carbocycles. The summed E-state index contributed by atoms with van der Waals surface area (Å²) in [6.45, 7) is 0. The molecule has 0 aliphatic rings. The predicted octanol–water partition coefficient (Wildman–Crippen LogP) is 9.41. The summed E-state index contributed by atoms with van der Waals surface area (Å²) in [7, 11) is 0. The third-order valence-corrected chi connectivity index (χ3v) is 7.11. The van der Waals surface area contributed by atoms with Crippen molar-refractivity contribution in [2.45, 2.75) is 0 Å². The van der Waals surface area contributed by atoms with Crippen LogP contribution in [0.25, 0.3) is 60.2 Å². The summed E-state index contributed by atoms with van der Waals surface area (Å²) >= 11 is 6.17. The van der Waals surface area contributed by atoms with Crippen LogP contribution in [0.4, 0.5) is 0 Å². The van der Waals surface area contributed by atoms with Gasteiger partial charge in [0.2, 0.25) is 0 Å². The first-order valence-electron chi connectivity index (χ1n) is 11.5. The maximum atomic E-state index is 6.17. The van der Waals surface area contributed by atoms with Gasteiger partial charge >= 0.3 is 0 Å². The molecule has 1 heterocycles. The maximum Gasteiger partial charge on any atom is 0.0619 e. The minimum atomic E-state index is 0.752. The average Bonchev–Trinajstić information content (AvgIpc) is 3.23. The lowest BCUT2D eigenvalue weighted by Gasteiger charge is -2.15. The Morgan fingerprint density at radius 1 is 0.471 bits per heavy atom. The Morgan fingerprint density at radius 2 is 1.15 bits per heavy atom. The van der Waals surface area contributed by atoms with Crippen molar-refractivity contribution in [2.75, 3.05) is 0 Å². The standard InChI is InChI=1S/C32H20ClN/c33-23-16-13-22(14-17-23)24-19-20-31(27-10-4-3-9-26(24)27)34-30-12-6-5-11-28(30)29-18-15-21-7-1-2-8-25(21)32(29)34/h1-20H. The molecule has 160 valence electrons. The second kappa shape index (κ2) is 7.48. The van der Waals surface area contributed by atoms with Gasteiger partial charge < -0.3 is 4.57 Å². The monoisotopic (exact) mass is 453 g/mol. The first-order chi connectivity index (χ1) is 16.8. The second-order valence-electron chi connectivity index (χ2n) is 8.72. The van der Waals surface area contributed by atoms with E-state index < -0.39 is 0 Å². The molecular formula is C32H20ClN. The van der Waals surface area contributed by atoms with Crippen LogP contribution in [-0.4, -0.2) is 4.57 Å². The van der Waals surface area contributed by atoms with Gasteiger partial charge in [0.1, 0.15) is 0 Å². The molecule has 0 N–H and O–H groups in total. The smallest absolute Gasteiger partial charge is 0.0619 e. The Kier molecular flexibility index (Phi) is 4.27. The highest BCUT2D eigenvalue weighted by Crippen LogP contribution is 2.40. The first-order valence-corrected chi connectivity index (χ1v) is 11.9. The lowest BCUT2D eigenvalue weighted by Crippen LogP contribution is -1.97. The molecule has 1 nitrogen and oxygen atoms in total. The highest BCUT2D eigenvalue weighted by Gasteiger charge is 2.17. The van der Waals surface area contributed by atoms with Crippen LogP contribution in [0.2, 0.25) is 5.02 Å². The molecule has 0 unspecified atom stereocenters. The normalized spacial score (nSPS) is 11.7. The molecule has 0 atom stereocenters. The molecule has 2 heteroatoms. The summed E-state index contributed by atoms with van der Waals surface area (Å²) in [5.74, 6) is 0. The summed E-state index contributed by atoms with van der Waals surface area (Å²) in [5.41, 5.74) is 6.04. The van der Waals surface area contributed by atoms with Crippen LogP contribution in [0.15, 0.2) is 121 Å². The zero-order valence-electron chi connectivity index (χ0n) is 18.4. The molecule has 0 bridgehead atoms. The van der Waals surface area contributed by atoms with Crippen molar-refractivity contribution in [1.82, 2.24) is 4.57 Å². The number of benzene rings is 6. The van der Waals surface area contributed by atoms with E-state index in [0.29, 0.717) is 0 Å². The minimum Gasteiger partial charge on any atom is -0.308 e. The van der Waals surface area contributed by atoms with Crippen molar-refractivity contribution >= 4 is 55.0 Å². The van der Waals surface area contributed by atoms with Gasteiger partial charge in [-0.25, -0.2) is 0 Å². The van der Waals surface area contributed by atoms with E-state index in [1.807, 2.05) is 12.1 Å². The number of fused-ring (bicyclic) bond motifs is 6. The fourth-order valence-corrected chi connectivity index (χ4v) is 5.47. The Hall–Kier alpha value is -4.07. The van der Waals surface area contributed by atoms with Crippen molar-refractivity contribution in [2.24, 2.45) is 0 Å². The molecule has 0 spiro atoms. The van der Waals surface area contributed by atoms with Crippen molar-refractivity contribution in [3.05, 3.63) is 126 Å². The largest absolute Gasteiger partial charge is 0.308 e. The van der Waals surface area contributed by atoms with Gasteiger partial charge in [-0.15, -0.1) is 0 Å². The van der Waals surface area contributed by atoms with Gasteiger partial charge in [-0.05, 0) is 46.2 Å². The molecule has 0 radical (unpaired) electrons. The number of hydrogen-bond donors (Lipinski definition) is 0. The lowest BCUT2D eigenvalue weighted by atomic mass is 9.97. The number of para-hydroxylation sites is 1. The lowest BCUT2D eigenvalue weighted by molar-refractivity contribution is 1.20. The van der Waals surface area contributed by atoms with Crippen LogP contribution in [-0.2, 0) is 0 Å². The topological polar surface area (TPSA) is 4.93 Å². The first kappa shape index (κ1) is 19.4. The molecule has 0 saturated heterocycles. The molecule has 0 aliphatic carbocycles. The van der Waals surface area contributed by atoms with E-state index in [0.717, 1.165) is 5.02 Å². The van der Waals surface area contributed by atoms with Gasteiger partial charge in [0.15, 0.2) is 0 Å². The van der Waals surface area contributed by atoms with Gasteiger partial charge in [-0.3, -0.25) is 0 Å². The number of halogens is 1. The average molecular weight is 454 g/mol. The SMILES string of the molecule is Clc1ccc(-c2ccc(-n3c4ccccc4c4ccc5ccccc5c43)c3ccccc23)cc1. The highest BCUT2D eigenvalue weighted by atomic mass is 35.5. The zero-order chi connectivity index (χ0) is 22.6. The quantitative estimate of drug-likeness (QED) is 0.245. The van der Waals surface area contributed by atoms with Crippen LogP contribution >= 0.6 is 11.6 Å². The molecule has 7 rings (SSSR count). The molecule has 0 saturated carbocycles. The summed E-state index contributed by atoms with van der Waals surface area (Å²) in [6, 6.07) is 43.2. The summed E-state index contributed by atoms with van der Waals surface area (Å²) < 4.78 is 2.45. The number of hydrogen-bond acceptors (Lipinski definition) is 0. The summed E-state index contributed by atoms with van der Waals surface area (Å²) in [5, 5.41) is 8.28. The fourth-order valence-electron chi connectivity index (χ4n) is 5.34. The molecule has 0 aliphatic heterocycles. The van der Waals surface area contributed by atoms with E-state index in [9.17, 15) is 0 Å². The molecule has 7 aromatic rings. The van der Waals surface area contributed by atoms with E-state index >= 15 is 0 Å². The zero-order valence-corrected chi connectivity index (χ0v) is 19.1. The van der Waals surface area contributed by atoms with Gasteiger partial charge in [0, 0.05) is 26.6 Å². The Bertz CT molecular complexity index is 1860. The Morgan fingerprint density at radius 3 is 1.97 bits per heavy atom. The maximum absolute atomic E-state index is 6.17. The van der Waals surface area contributed by atoms with Gasteiger partial charge in [0.05, 0.1) is 16.7 Å². The molecule has 34 heavy (non-hydrogen) atoms. The molecule has 1 aromatic heterocycles. The Balaban J connectivity index is 1.63. The van der Waals surface area contributed by atoms with Crippen molar-refractivity contribution < 1.29 is 0 Å². The van der Waals surface area contributed by atoms with Crippen LogP contribution in [0, 0.1) is 0 Å². The summed E-state index contributed by atoms with van der Waals surface area (Å²) in [4.78, 5) is 0.